The van der Waals surface area contributed by atoms with E-state index in [0.717, 1.165) is 44.9 Å². The largest absolute Gasteiger partial charge is 0.387 e. The Morgan fingerprint density at radius 2 is 1.68 bits per heavy atom. The summed E-state index contributed by atoms with van der Waals surface area (Å²) >= 11 is 0. The van der Waals surface area contributed by atoms with Crippen LogP contribution >= 0.6 is 0 Å². The van der Waals surface area contributed by atoms with E-state index in [1.54, 1.807) is 0 Å². The third-order valence-electron chi connectivity index (χ3n) is 5.68. The monoisotopic (exact) mass is 306 g/mol. The van der Waals surface area contributed by atoms with Crippen molar-refractivity contribution in [2.75, 3.05) is 0 Å². The van der Waals surface area contributed by atoms with Gasteiger partial charge in [-0.1, -0.05) is 23.3 Å². The minimum atomic E-state index is -0.724. The minimum Gasteiger partial charge on any atom is -0.387 e. The van der Waals surface area contributed by atoms with Gasteiger partial charge >= 0.3 is 0 Å². The minimum absolute atomic E-state index is 0.0339. The van der Waals surface area contributed by atoms with Gasteiger partial charge in [-0.2, -0.15) is 0 Å². The van der Waals surface area contributed by atoms with Gasteiger partial charge in [0.2, 0.25) is 0 Å². The Hall–Kier alpha value is -0.600. The summed E-state index contributed by atoms with van der Waals surface area (Å²) in [6, 6.07) is 0. The fourth-order valence-corrected chi connectivity index (χ4v) is 3.82. The Labute approximate surface area is 136 Å². The zero-order valence-corrected chi connectivity index (χ0v) is 15.1. The number of rotatable bonds is 0. The lowest BCUT2D eigenvalue weighted by atomic mass is 9.81. The lowest BCUT2D eigenvalue weighted by molar-refractivity contribution is -0.124. The summed E-state index contributed by atoms with van der Waals surface area (Å²) in [5.74, 6) is 0.535. The van der Waals surface area contributed by atoms with E-state index in [0.29, 0.717) is 5.92 Å². The second kappa shape index (κ2) is 6.88. The fourth-order valence-electron chi connectivity index (χ4n) is 3.82. The molecule has 0 unspecified atom stereocenters. The predicted octanol–water partition coefficient (Wildman–Crippen LogP) is 5.17. The first-order chi connectivity index (χ1) is 10.2. The first-order valence-electron chi connectivity index (χ1n) is 8.92. The first kappa shape index (κ1) is 17.7. The van der Waals surface area contributed by atoms with E-state index in [2.05, 4.69) is 39.8 Å². The number of hydrogen-bond donors (Lipinski definition) is 1. The van der Waals surface area contributed by atoms with Gasteiger partial charge < -0.3 is 9.84 Å². The second-order valence-electron chi connectivity index (χ2n) is 8.22. The van der Waals surface area contributed by atoms with Crippen LogP contribution in [-0.2, 0) is 4.74 Å². The predicted molar refractivity (Wildman–Crippen MR) is 92.9 cm³/mol. The summed E-state index contributed by atoms with van der Waals surface area (Å²) in [6.45, 7) is 10.8. The molecule has 1 fully saturated rings. The zero-order chi connectivity index (χ0) is 16.4. The molecule has 1 heterocycles. The fraction of sp³-hybridized carbons (Fsp3) is 0.800. The highest BCUT2D eigenvalue weighted by Crippen LogP contribution is 2.43. The number of ether oxygens (including phenoxy) is 1. The molecule has 2 aliphatic rings. The number of aliphatic hydroxyl groups is 1. The van der Waals surface area contributed by atoms with Gasteiger partial charge in [-0.05, 0) is 85.5 Å². The van der Waals surface area contributed by atoms with Crippen molar-refractivity contribution in [3.8, 4) is 0 Å². The highest BCUT2D eigenvalue weighted by atomic mass is 16.5. The van der Waals surface area contributed by atoms with Crippen molar-refractivity contribution < 1.29 is 9.84 Å². The van der Waals surface area contributed by atoms with E-state index in [-0.39, 0.29) is 11.7 Å². The average molecular weight is 306 g/mol. The van der Waals surface area contributed by atoms with Crippen LogP contribution in [0.4, 0.5) is 0 Å². The maximum atomic E-state index is 10.9. The van der Waals surface area contributed by atoms with Gasteiger partial charge in [0.05, 0.1) is 17.3 Å². The Balaban J connectivity index is 2.17. The van der Waals surface area contributed by atoms with E-state index >= 15 is 0 Å². The van der Waals surface area contributed by atoms with Crippen LogP contribution in [0.3, 0.4) is 0 Å². The zero-order valence-electron chi connectivity index (χ0n) is 15.1. The third-order valence-corrected chi connectivity index (χ3v) is 5.68. The molecule has 0 spiro atoms. The molecule has 1 N–H and O–H groups in total. The van der Waals surface area contributed by atoms with Gasteiger partial charge in [-0.3, -0.25) is 0 Å². The molecule has 126 valence electrons. The van der Waals surface area contributed by atoms with Crippen LogP contribution in [0.25, 0.3) is 0 Å². The maximum Gasteiger partial charge on any atom is 0.0883 e. The van der Waals surface area contributed by atoms with Gasteiger partial charge in [0.1, 0.15) is 0 Å². The average Bonchev–Trinajstić information content (AvgIpc) is 2.71. The lowest BCUT2D eigenvalue weighted by Gasteiger charge is -2.31. The summed E-state index contributed by atoms with van der Waals surface area (Å²) < 4.78 is 6.28. The van der Waals surface area contributed by atoms with Crippen molar-refractivity contribution in [3.05, 3.63) is 23.3 Å². The van der Waals surface area contributed by atoms with E-state index in [4.69, 9.17) is 4.74 Å². The van der Waals surface area contributed by atoms with E-state index < -0.39 is 5.60 Å². The van der Waals surface area contributed by atoms with Crippen LogP contribution < -0.4 is 0 Å². The van der Waals surface area contributed by atoms with Crippen LogP contribution in [0.5, 0.6) is 0 Å². The third kappa shape index (κ3) is 4.45. The van der Waals surface area contributed by atoms with Crippen LogP contribution in [0.15, 0.2) is 23.3 Å². The highest BCUT2D eigenvalue weighted by Gasteiger charge is 2.47. The molecule has 2 bridgehead atoms. The smallest absolute Gasteiger partial charge is 0.0883 e. The van der Waals surface area contributed by atoms with E-state index in [1.807, 2.05) is 6.92 Å². The van der Waals surface area contributed by atoms with Crippen LogP contribution in [0, 0.1) is 5.92 Å². The molecule has 0 aromatic carbocycles. The topological polar surface area (TPSA) is 29.5 Å². The second-order valence-corrected chi connectivity index (χ2v) is 8.22. The standard InChI is InChI=1S/C20H34O2/c1-15-8-6-9-16(2)11-12-17-14-18(22-19(17,3)4)20(5,21)13-7-10-15/h9-10,17-18,21H,6-8,11-14H2,1-5H3/b15-10-,16-9-/t17-,18-,20-/m1/s1. The van der Waals surface area contributed by atoms with Crippen LogP contribution in [0.2, 0.25) is 0 Å². The molecule has 1 aliphatic carbocycles. The van der Waals surface area contributed by atoms with Crippen molar-refractivity contribution in [1.82, 2.24) is 0 Å². The van der Waals surface area contributed by atoms with Crippen molar-refractivity contribution >= 4 is 0 Å². The molecule has 22 heavy (non-hydrogen) atoms. The van der Waals surface area contributed by atoms with Crippen molar-refractivity contribution in [2.24, 2.45) is 5.92 Å². The van der Waals surface area contributed by atoms with Gasteiger partial charge in [0.25, 0.3) is 0 Å². The van der Waals surface area contributed by atoms with Crippen LogP contribution in [0.1, 0.15) is 79.6 Å². The number of allylic oxidation sites excluding steroid dienone is 4. The summed E-state index contributed by atoms with van der Waals surface area (Å²) in [6.07, 6.45) is 11.9. The molecule has 3 atom stereocenters. The molecular formula is C20H34O2. The molecule has 2 rings (SSSR count). The Morgan fingerprint density at radius 3 is 2.41 bits per heavy atom. The number of fused-ring (bicyclic) bond motifs is 2. The maximum absolute atomic E-state index is 10.9. The quantitative estimate of drug-likeness (QED) is 0.626. The Kier molecular flexibility index (Phi) is 5.55. The highest BCUT2D eigenvalue weighted by molar-refractivity contribution is 5.06. The van der Waals surface area contributed by atoms with Crippen molar-refractivity contribution in [2.45, 2.75) is 96.9 Å². The Morgan fingerprint density at radius 1 is 1.05 bits per heavy atom. The SMILES string of the molecule is C/C1=C/CC[C@@](C)(O)[C@H]2C[C@@H](CC/C(C)=C\CC1)C(C)(C)O2. The summed E-state index contributed by atoms with van der Waals surface area (Å²) in [4.78, 5) is 0. The van der Waals surface area contributed by atoms with Gasteiger partial charge in [0.15, 0.2) is 0 Å². The molecule has 0 radical (unpaired) electrons. The summed E-state index contributed by atoms with van der Waals surface area (Å²) in [7, 11) is 0. The van der Waals surface area contributed by atoms with Crippen LogP contribution in [-0.4, -0.2) is 22.4 Å². The lowest BCUT2D eigenvalue weighted by Crippen LogP contribution is -2.40. The molecule has 0 aromatic heterocycles. The summed E-state index contributed by atoms with van der Waals surface area (Å²) in [5, 5.41) is 10.9. The molecule has 1 saturated heterocycles. The molecule has 0 saturated carbocycles. The summed E-state index contributed by atoms with van der Waals surface area (Å²) in [5.41, 5.74) is 2.08. The Bertz CT molecular complexity index is 443. The molecule has 0 amide bonds. The van der Waals surface area contributed by atoms with Gasteiger partial charge in [-0.25, -0.2) is 0 Å². The van der Waals surface area contributed by atoms with Gasteiger partial charge in [0, 0.05) is 0 Å². The molecule has 1 aliphatic heterocycles. The van der Waals surface area contributed by atoms with Crippen molar-refractivity contribution in [1.29, 1.82) is 0 Å². The molecule has 2 nitrogen and oxygen atoms in total. The molecule has 0 aromatic rings. The molecular weight excluding hydrogens is 272 g/mol. The normalized spacial score (nSPS) is 41.9. The van der Waals surface area contributed by atoms with E-state index in [9.17, 15) is 5.11 Å². The van der Waals surface area contributed by atoms with Gasteiger partial charge in [-0.15, -0.1) is 0 Å². The first-order valence-corrected chi connectivity index (χ1v) is 8.92. The van der Waals surface area contributed by atoms with E-state index in [1.165, 1.54) is 11.1 Å². The molecule has 2 heteroatoms. The van der Waals surface area contributed by atoms with Crippen molar-refractivity contribution in [3.63, 3.8) is 0 Å². The number of hydrogen-bond acceptors (Lipinski definition) is 2.